The summed E-state index contributed by atoms with van der Waals surface area (Å²) in [4.78, 5) is 17.3. The molecule has 1 fully saturated rings. The van der Waals surface area contributed by atoms with Crippen molar-refractivity contribution in [3.8, 4) is 16.3 Å². The lowest BCUT2D eigenvalue weighted by Gasteiger charge is -2.31. The van der Waals surface area contributed by atoms with Crippen LogP contribution in [0.15, 0.2) is 48.1 Å². The van der Waals surface area contributed by atoms with Gasteiger partial charge in [-0.3, -0.25) is 0 Å². The molecule has 26 heavy (non-hydrogen) atoms. The van der Waals surface area contributed by atoms with Crippen molar-refractivity contribution in [2.24, 2.45) is 0 Å². The highest BCUT2D eigenvalue weighted by molar-refractivity contribution is 7.13. The van der Waals surface area contributed by atoms with Crippen LogP contribution < -0.4 is 14.5 Å². The summed E-state index contributed by atoms with van der Waals surface area (Å²) in [5.74, 6) is 1.70. The Balaban J connectivity index is 1.38. The molecule has 0 radical (unpaired) electrons. The topological polar surface area (TPSA) is 55.6 Å². The highest BCUT2D eigenvalue weighted by Gasteiger charge is 2.22. The Kier molecular flexibility index (Phi) is 5.08. The quantitative estimate of drug-likeness (QED) is 0.740. The van der Waals surface area contributed by atoms with E-state index in [0.717, 1.165) is 60.7 Å². The fourth-order valence-electron chi connectivity index (χ4n) is 3.24. The van der Waals surface area contributed by atoms with Crippen LogP contribution in [0.3, 0.4) is 0 Å². The van der Waals surface area contributed by atoms with Crippen LogP contribution in [-0.2, 0) is 6.54 Å². The summed E-state index contributed by atoms with van der Waals surface area (Å²) >= 11 is 1.68. The average molecular weight is 368 g/mol. The second-order valence-corrected chi connectivity index (χ2v) is 7.16. The number of hydrogen-bond acceptors (Lipinski definition) is 6. The van der Waals surface area contributed by atoms with Crippen LogP contribution in [0.4, 0.5) is 5.95 Å². The number of nitrogens with one attached hydrogen (secondary N) is 1. The number of methoxy groups -OCH3 is 1. The van der Waals surface area contributed by atoms with Gasteiger partial charge in [0.15, 0.2) is 0 Å². The van der Waals surface area contributed by atoms with Crippen LogP contribution >= 0.6 is 11.3 Å². The van der Waals surface area contributed by atoms with Crippen molar-refractivity contribution < 1.29 is 9.64 Å². The zero-order valence-corrected chi connectivity index (χ0v) is 15.6. The molecule has 4 rings (SSSR count). The van der Waals surface area contributed by atoms with Gasteiger partial charge in [0.25, 0.3) is 0 Å². The number of ether oxygens (including phenoxy) is 1. The van der Waals surface area contributed by atoms with Crippen molar-refractivity contribution in [3.63, 3.8) is 0 Å². The first kappa shape index (κ1) is 16.9. The summed E-state index contributed by atoms with van der Waals surface area (Å²) in [6.07, 6.45) is 3.60. The molecule has 2 aromatic heterocycles. The van der Waals surface area contributed by atoms with Crippen LogP contribution in [0.2, 0.25) is 0 Å². The van der Waals surface area contributed by atoms with Gasteiger partial charge < -0.3 is 14.5 Å². The van der Waals surface area contributed by atoms with Gasteiger partial charge in [0, 0.05) is 17.8 Å². The molecule has 7 heteroatoms. The second kappa shape index (κ2) is 7.80. The molecule has 0 aliphatic carbocycles. The highest BCUT2D eigenvalue weighted by atomic mass is 32.1. The Morgan fingerprint density at radius 3 is 2.65 bits per heavy atom. The molecule has 1 aromatic carbocycles. The van der Waals surface area contributed by atoms with E-state index in [9.17, 15) is 0 Å². The van der Waals surface area contributed by atoms with Crippen molar-refractivity contribution in [1.82, 2.24) is 15.0 Å². The van der Waals surface area contributed by atoms with Crippen LogP contribution in [0.5, 0.6) is 5.75 Å². The van der Waals surface area contributed by atoms with Gasteiger partial charge in [0.1, 0.15) is 23.0 Å². The lowest BCUT2D eigenvalue weighted by molar-refractivity contribution is -0.914. The molecule has 0 amide bonds. The molecule has 0 atom stereocenters. The maximum atomic E-state index is 5.46. The lowest BCUT2D eigenvalue weighted by atomic mass is 10.2. The van der Waals surface area contributed by atoms with Crippen molar-refractivity contribution in [1.29, 1.82) is 0 Å². The number of piperazine rings is 1. The number of thiazole rings is 1. The maximum Gasteiger partial charge on any atom is 0.225 e. The number of benzene rings is 1. The first-order valence-electron chi connectivity index (χ1n) is 8.77. The molecular formula is C19H22N5OS+. The van der Waals surface area contributed by atoms with E-state index in [1.807, 2.05) is 24.3 Å². The Labute approximate surface area is 157 Å². The van der Waals surface area contributed by atoms with Gasteiger partial charge in [-0.15, -0.1) is 11.3 Å². The number of nitrogens with zero attached hydrogens (tertiary/aromatic N) is 4. The minimum Gasteiger partial charge on any atom is -0.496 e. The second-order valence-electron chi connectivity index (χ2n) is 6.31. The molecule has 3 aromatic rings. The molecule has 3 heterocycles. The average Bonchev–Trinajstić information content (AvgIpc) is 3.17. The molecule has 1 aliphatic rings. The fraction of sp³-hybridized carbons (Fsp3) is 0.316. The van der Waals surface area contributed by atoms with E-state index >= 15 is 0 Å². The Bertz CT molecular complexity index is 846. The molecule has 1 aliphatic heterocycles. The number of rotatable bonds is 5. The monoisotopic (exact) mass is 368 g/mol. The largest absolute Gasteiger partial charge is 0.496 e. The molecule has 0 unspecified atom stereocenters. The summed E-state index contributed by atoms with van der Waals surface area (Å²) in [6.45, 7) is 5.04. The van der Waals surface area contributed by atoms with E-state index in [4.69, 9.17) is 9.72 Å². The number of aromatic nitrogens is 3. The predicted octanol–water partition coefficient (Wildman–Crippen LogP) is 1.51. The van der Waals surface area contributed by atoms with Crippen LogP contribution in [-0.4, -0.2) is 48.2 Å². The predicted molar refractivity (Wildman–Crippen MR) is 103 cm³/mol. The highest BCUT2D eigenvalue weighted by Crippen LogP contribution is 2.31. The van der Waals surface area contributed by atoms with Gasteiger partial charge in [-0.25, -0.2) is 15.0 Å². The van der Waals surface area contributed by atoms with E-state index in [2.05, 4.69) is 26.3 Å². The SMILES string of the molecule is COc1ccccc1-c1nc(C[NH+]2CCN(c3ncccn3)CC2)cs1. The zero-order chi connectivity index (χ0) is 17.8. The van der Waals surface area contributed by atoms with E-state index in [1.54, 1.807) is 35.7 Å². The summed E-state index contributed by atoms with van der Waals surface area (Å²) in [5.41, 5.74) is 2.21. The summed E-state index contributed by atoms with van der Waals surface area (Å²) in [6, 6.07) is 9.90. The van der Waals surface area contributed by atoms with Crippen molar-refractivity contribution >= 4 is 17.3 Å². The number of anilines is 1. The zero-order valence-electron chi connectivity index (χ0n) is 14.8. The van der Waals surface area contributed by atoms with Crippen molar-refractivity contribution in [3.05, 3.63) is 53.8 Å². The molecule has 1 N–H and O–H groups in total. The number of quaternary nitrogens is 1. The number of hydrogen-bond donors (Lipinski definition) is 1. The van der Waals surface area contributed by atoms with Gasteiger partial charge in [0.05, 0.1) is 38.9 Å². The van der Waals surface area contributed by atoms with E-state index < -0.39 is 0 Å². The normalized spacial score (nSPS) is 15.2. The van der Waals surface area contributed by atoms with Gasteiger partial charge in [-0.05, 0) is 18.2 Å². The standard InChI is InChI=1S/C19H21N5OS/c1-25-17-6-3-2-5-16(17)18-22-15(14-26-18)13-23-9-11-24(12-10-23)19-20-7-4-8-21-19/h2-8,14H,9-13H2,1H3/p+1. The maximum absolute atomic E-state index is 5.46. The molecular weight excluding hydrogens is 346 g/mol. The first-order chi connectivity index (χ1) is 12.8. The van der Waals surface area contributed by atoms with Gasteiger partial charge in [-0.1, -0.05) is 12.1 Å². The van der Waals surface area contributed by atoms with Gasteiger partial charge in [-0.2, -0.15) is 0 Å². The van der Waals surface area contributed by atoms with E-state index in [-0.39, 0.29) is 0 Å². The summed E-state index contributed by atoms with van der Waals surface area (Å²) in [7, 11) is 1.70. The minimum atomic E-state index is 0.832. The Morgan fingerprint density at radius 2 is 1.88 bits per heavy atom. The molecule has 0 bridgehead atoms. The minimum absolute atomic E-state index is 0.832. The third-order valence-electron chi connectivity index (χ3n) is 4.63. The third kappa shape index (κ3) is 3.68. The van der Waals surface area contributed by atoms with Crippen LogP contribution in [0.25, 0.3) is 10.6 Å². The van der Waals surface area contributed by atoms with Gasteiger partial charge >= 0.3 is 0 Å². The number of para-hydroxylation sites is 1. The molecule has 1 saturated heterocycles. The molecule has 134 valence electrons. The van der Waals surface area contributed by atoms with Crippen LogP contribution in [0.1, 0.15) is 5.69 Å². The van der Waals surface area contributed by atoms with E-state index in [0.29, 0.717) is 0 Å². The fourth-order valence-corrected chi connectivity index (χ4v) is 4.09. The molecule has 6 nitrogen and oxygen atoms in total. The van der Waals surface area contributed by atoms with Crippen LogP contribution in [0, 0.1) is 0 Å². The van der Waals surface area contributed by atoms with Gasteiger partial charge in [0.2, 0.25) is 5.95 Å². The first-order valence-corrected chi connectivity index (χ1v) is 9.65. The summed E-state index contributed by atoms with van der Waals surface area (Å²) in [5, 5.41) is 3.19. The smallest absolute Gasteiger partial charge is 0.225 e. The summed E-state index contributed by atoms with van der Waals surface area (Å²) < 4.78 is 5.46. The van der Waals surface area contributed by atoms with Crippen molar-refractivity contribution in [2.45, 2.75) is 6.54 Å². The Hall–Kier alpha value is -2.51. The third-order valence-corrected chi connectivity index (χ3v) is 5.55. The molecule has 0 spiro atoms. The van der Waals surface area contributed by atoms with Crippen molar-refractivity contribution in [2.75, 3.05) is 38.2 Å². The molecule has 0 saturated carbocycles. The Morgan fingerprint density at radius 1 is 1.12 bits per heavy atom. The lowest BCUT2D eigenvalue weighted by Crippen LogP contribution is -3.13. The van der Waals surface area contributed by atoms with E-state index in [1.165, 1.54) is 0 Å².